The van der Waals surface area contributed by atoms with Crippen LogP contribution in [0.3, 0.4) is 0 Å². The van der Waals surface area contributed by atoms with E-state index in [1.807, 2.05) is 6.08 Å². The summed E-state index contributed by atoms with van der Waals surface area (Å²) in [6.45, 7) is 8.58. The van der Waals surface area contributed by atoms with Crippen LogP contribution < -0.4 is 5.73 Å². The molecule has 0 aromatic heterocycles. The van der Waals surface area contributed by atoms with E-state index in [-0.39, 0.29) is 11.3 Å². The smallest absolute Gasteiger partial charge is 0.244 e. The number of hydrogen-bond donors (Lipinski definition) is 1. The van der Waals surface area contributed by atoms with E-state index in [1.54, 1.807) is 6.92 Å². The summed E-state index contributed by atoms with van der Waals surface area (Å²) >= 11 is 0. The highest BCUT2D eigenvalue weighted by Crippen LogP contribution is 2.41. The molecule has 1 aliphatic carbocycles. The molecule has 90 valence electrons. The highest BCUT2D eigenvalue weighted by molar-refractivity contribution is 5.91. The molecule has 0 aromatic rings. The second kappa shape index (κ2) is 4.86. The van der Waals surface area contributed by atoms with Gasteiger partial charge in [0.2, 0.25) is 5.91 Å². The van der Waals surface area contributed by atoms with Gasteiger partial charge in [-0.15, -0.1) is 0 Å². The van der Waals surface area contributed by atoms with Crippen LogP contribution >= 0.6 is 0 Å². The molecule has 0 saturated heterocycles. The Hall–Kier alpha value is -1.05. The maximum atomic E-state index is 11.0. The minimum Gasteiger partial charge on any atom is -0.366 e. The molecular weight excluding hydrogens is 198 g/mol. The summed E-state index contributed by atoms with van der Waals surface area (Å²) < 4.78 is 0. The molecular formula is C14H23NO. The molecule has 1 aliphatic rings. The molecule has 1 amide bonds. The predicted octanol–water partition coefficient (Wildman–Crippen LogP) is 3.33. The zero-order chi connectivity index (χ0) is 12.3. The largest absolute Gasteiger partial charge is 0.366 e. The Balaban J connectivity index is 2.86. The van der Waals surface area contributed by atoms with E-state index < -0.39 is 0 Å². The molecule has 0 radical (unpaired) electrons. The highest BCUT2D eigenvalue weighted by atomic mass is 16.1. The van der Waals surface area contributed by atoms with Crippen LogP contribution in [0.2, 0.25) is 0 Å². The lowest BCUT2D eigenvalue weighted by Gasteiger charge is -2.34. The van der Waals surface area contributed by atoms with E-state index in [9.17, 15) is 4.79 Å². The van der Waals surface area contributed by atoms with Crippen LogP contribution in [0.25, 0.3) is 0 Å². The third-order valence-corrected chi connectivity index (χ3v) is 3.69. The first-order valence-corrected chi connectivity index (χ1v) is 6.00. The Labute approximate surface area is 98.6 Å². The number of nitrogens with two attached hydrogens (primary N) is 1. The van der Waals surface area contributed by atoms with Gasteiger partial charge in [0.05, 0.1) is 0 Å². The quantitative estimate of drug-likeness (QED) is 0.576. The van der Waals surface area contributed by atoms with Crippen molar-refractivity contribution in [2.75, 3.05) is 0 Å². The van der Waals surface area contributed by atoms with E-state index in [1.165, 1.54) is 30.4 Å². The molecule has 2 nitrogen and oxygen atoms in total. The fourth-order valence-electron chi connectivity index (χ4n) is 2.48. The van der Waals surface area contributed by atoms with E-state index in [0.29, 0.717) is 5.57 Å². The minimum atomic E-state index is -0.313. The number of allylic oxidation sites excluding steroid dienone is 3. The fraction of sp³-hybridized carbons (Fsp3) is 0.643. The molecule has 0 saturated carbocycles. The highest BCUT2D eigenvalue weighted by Gasteiger charge is 2.27. The lowest BCUT2D eigenvalue weighted by Crippen LogP contribution is -2.20. The Morgan fingerprint density at radius 3 is 2.62 bits per heavy atom. The lowest BCUT2D eigenvalue weighted by atomic mass is 9.71. The Morgan fingerprint density at radius 2 is 2.12 bits per heavy atom. The van der Waals surface area contributed by atoms with Crippen molar-refractivity contribution in [2.24, 2.45) is 11.1 Å². The van der Waals surface area contributed by atoms with Crippen molar-refractivity contribution >= 4 is 5.91 Å². The lowest BCUT2D eigenvalue weighted by molar-refractivity contribution is -0.114. The van der Waals surface area contributed by atoms with Gasteiger partial charge in [0, 0.05) is 5.57 Å². The van der Waals surface area contributed by atoms with Crippen molar-refractivity contribution in [3.63, 3.8) is 0 Å². The first kappa shape index (κ1) is 13.0. The van der Waals surface area contributed by atoms with Crippen LogP contribution in [-0.4, -0.2) is 5.91 Å². The predicted molar refractivity (Wildman–Crippen MR) is 67.9 cm³/mol. The number of hydrogen-bond acceptors (Lipinski definition) is 1. The monoisotopic (exact) mass is 221 g/mol. The standard InChI is InChI=1S/C14H23NO/c1-10-6-5-9-14(3,4)12(10)8-7-11(2)13(15)16/h7H,5-6,8-9H2,1-4H3,(H2,15,16)/b11-7+. The maximum Gasteiger partial charge on any atom is 0.244 e. The Morgan fingerprint density at radius 1 is 1.50 bits per heavy atom. The van der Waals surface area contributed by atoms with Gasteiger partial charge in [0.15, 0.2) is 0 Å². The Bertz CT molecular complexity index is 348. The SMILES string of the molecule is CC1=C(C/C=C(\C)C(N)=O)C(C)(C)CCC1. The topological polar surface area (TPSA) is 43.1 Å². The van der Waals surface area contributed by atoms with Crippen molar-refractivity contribution in [1.29, 1.82) is 0 Å². The summed E-state index contributed by atoms with van der Waals surface area (Å²) in [7, 11) is 0. The van der Waals surface area contributed by atoms with Gasteiger partial charge in [0.25, 0.3) is 0 Å². The summed E-state index contributed by atoms with van der Waals surface area (Å²) in [5.41, 5.74) is 9.15. The number of carbonyl (C=O) groups is 1. The molecule has 0 heterocycles. The third kappa shape index (κ3) is 2.97. The zero-order valence-electron chi connectivity index (χ0n) is 10.9. The molecule has 0 atom stereocenters. The van der Waals surface area contributed by atoms with Gasteiger partial charge in [0.1, 0.15) is 0 Å². The van der Waals surface area contributed by atoms with Crippen molar-refractivity contribution < 1.29 is 4.79 Å². The Kier molecular flexibility index (Phi) is 3.95. The molecule has 0 spiro atoms. The molecule has 0 fully saturated rings. The molecule has 0 aliphatic heterocycles. The van der Waals surface area contributed by atoms with E-state index in [2.05, 4.69) is 20.8 Å². The number of primary amides is 1. The number of carbonyl (C=O) groups excluding carboxylic acids is 1. The fourth-order valence-corrected chi connectivity index (χ4v) is 2.48. The normalized spacial score (nSPS) is 21.1. The van der Waals surface area contributed by atoms with Crippen LogP contribution in [0.4, 0.5) is 0 Å². The van der Waals surface area contributed by atoms with E-state index >= 15 is 0 Å². The number of rotatable bonds is 3. The minimum absolute atomic E-state index is 0.275. The second-order valence-corrected chi connectivity index (χ2v) is 5.45. The summed E-state index contributed by atoms with van der Waals surface area (Å²) in [5.74, 6) is -0.313. The third-order valence-electron chi connectivity index (χ3n) is 3.69. The molecule has 0 unspecified atom stereocenters. The molecule has 2 N–H and O–H groups in total. The average Bonchev–Trinajstić information content (AvgIpc) is 2.15. The summed E-state index contributed by atoms with van der Waals surface area (Å²) in [6.07, 6.45) is 6.55. The molecule has 1 rings (SSSR count). The van der Waals surface area contributed by atoms with Crippen LogP contribution in [0.5, 0.6) is 0 Å². The second-order valence-electron chi connectivity index (χ2n) is 5.45. The van der Waals surface area contributed by atoms with Crippen LogP contribution in [0, 0.1) is 5.41 Å². The maximum absolute atomic E-state index is 11.0. The van der Waals surface area contributed by atoms with Crippen LogP contribution in [0.1, 0.15) is 53.4 Å². The molecule has 2 heteroatoms. The van der Waals surface area contributed by atoms with Gasteiger partial charge < -0.3 is 5.73 Å². The van der Waals surface area contributed by atoms with Crippen molar-refractivity contribution in [2.45, 2.75) is 53.4 Å². The van der Waals surface area contributed by atoms with Gasteiger partial charge in [-0.05, 0) is 44.9 Å². The van der Waals surface area contributed by atoms with Gasteiger partial charge in [-0.25, -0.2) is 0 Å². The van der Waals surface area contributed by atoms with Crippen molar-refractivity contribution in [3.8, 4) is 0 Å². The van der Waals surface area contributed by atoms with Crippen molar-refractivity contribution in [1.82, 2.24) is 0 Å². The first-order chi connectivity index (χ1) is 7.34. The van der Waals surface area contributed by atoms with Crippen LogP contribution in [0.15, 0.2) is 22.8 Å². The molecule has 16 heavy (non-hydrogen) atoms. The zero-order valence-corrected chi connectivity index (χ0v) is 10.9. The molecule has 0 bridgehead atoms. The van der Waals surface area contributed by atoms with Gasteiger partial charge >= 0.3 is 0 Å². The number of amides is 1. The van der Waals surface area contributed by atoms with Crippen molar-refractivity contribution in [3.05, 3.63) is 22.8 Å². The van der Waals surface area contributed by atoms with E-state index in [4.69, 9.17) is 5.73 Å². The first-order valence-electron chi connectivity index (χ1n) is 6.00. The van der Waals surface area contributed by atoms with Gasteiger partial charge in [-0.3, -0.25) is 4.79 Å². The summed E-state index contributed by atoms with van der Waals surface area (Å²) in [6, 6.07) is 0. The van der Waals surface area contributed by atoms with Gasteiger partial charge in [-0.1, -0.05) is 31.1 Å². The van der Waals surface area contributed by atoms with E-state index in [0.717, 1.165) is 6.42 Å². The average molecular weight is 221 g/mol. The van der Waals surface area contributed by atoms with Gasteiger partial charge in [-0.2, -0.15) is 0 Å². The summed E-state index contributed by atoms with van der Waals surface area (Å²) in [5, 5.41) is 0. The molecule has 0 aromatic carbocycles. The van der Waals surface area contributed by atoms with Crippen LogP contribution in [-0.2, 0) is 4.79 Å². The summed E-state index contributed by atoms with van der Waals surface area (Å²) in [4.78, 5) is 11.0.